The number of carbonyl (C=O) groups is 2. The number of hydrogen-bond donors (Lipinski definition) is 2. The molecule has 0 aromatic heterocycles. The van der Waals surface area contributed by atoms with E-state index in [1.165, 1.54) is 17.9 Å². The molecule has 164 valence electrons. The second-order valence-electron chi connectivity index (χ2n) is 8.04. The van der Waals surface area contributed by atoms with Gasteiger partial charge in [0.1, 0.15) is 0 Å². The summed E-state index contributed by atoms with van der Waals surface area (Å²) >= 11 is 0. The van der Waals surface area contributed by atoms with Crippen LogP contribution >= 0.6 is 0 Å². The Balaban J connectivity index is 1.41. The summed E-state index contributed by atoms with van der Waals surface area (Å²) in [6.07, 6.45) is 5.08. The molecule has 0 spiro atoms. The number of nitrogens with zero attached hydrogens (tertiary/aromatic N) is 3. The maximum Gasteiger partial charge on any atom is 0.261 e. The van der Waals surface area contributed by atoms with E-state index in [-0.39, 0.29) is 11.8 Å². The Morgan fingerprint density at radius 3 is 2.30 bits per heavy atom. The fourth-order valence-corrected chi connectivity index (χ4v) is 4.15. The fourth-order valence-electron chi connectivity index (χ4n) is 4.15. The van der Waals surface area contributed by atoms with Gasteiger partial charge in [-0.3, -0.25) is 19.5 Å². The topological polar surface area (TPSA) is 77.0 Å². The molecular formula is C23H35N5O2. The van der Waals surface area contributed by atoms with Crippen LogP contribution in [0.5, 0.6) is 0 Å². The van der Waals surface area contributed by atoms with Crippen LogP contribution in [0.2, 0.25) is 0 Å². The minimum absolute atomic E-state index is 0.177. The van der Waals surface area contributed by atoms with E-state index in [0.29, 0.717) is 30.3 Å². The van der Waals surface area contributed by atoms with Crippen LogP contribution in [0.4, 0.5) is 0 Å². The summed E-state index contributed by atoms with van der Waals surface area (Å²) in [6, 6.07) is 7.51. The summed E-state index contributed by atoms with van der Waals surface area (Å²) < 4.78 is 0. The van der Waals surface area contributed by atoms with Gasteiger partial charge in [0.15, 0.2) is 5.96 Å². The molecule has 0 aliphatic carbocycles. The van der Waals surface area contributed by atoms with Gasteiger partial charge in [0.05, 0.1) is 11.1 Å². The largest absolute Gasteiger partial charge is 0.357 e. The average molecular weight is 414 g/mol. The molecule has 2 aliphatic heterocycles. The molecule has 2 N–H and O–H groups in total. The van der Waals surface area contributed by atoms with E-state index in [2.05, 4.69) is 29.4 Å². The van der Waals surface area contributed by atoms with Crippen molar-refractivity contribution in [1.82, 2.24) is 20.4 Å². The van der Waals surface area contributed by atoms with Crippen LogP contribution in [0.15, 0.2) is 29.3 Å². The summed E-state index contributed by atoms with van der Waals surface area (Å²) in [5, 5.41) is 6.90. The van der Waals surface area contributed by atoms with Crippen LogP contribution in [0, 0.1) is 0 Å². The van der Waals surface area contributed by atoms with E-state index in [0.717, 1.165) is 51.3 Å². The van der Waals surface area contributed by atoms with Crippen LogP contribution < -0.4 is 10.6 Å². The predicted molar refractivity (Wildman–Crippen MR) is 120 cm³/mol. The van der Waals surface area contributed by atoms with Crippen molar-refractivity contribution in [2.75, 3.05) is 39.3 Å². The highest BCUT2D eigenvalue weighted by Crippen LogP contribution is 2.22. The number of aliphatic imine (C=N–C) groups is 1. The highest BCUT2D eigenvalue weighted by molar-refractivity contribution is 6.21. The molecule has 3 rings (SSSR count). The lowest BCUT2D eigenvalue weighted by molar-refractivity contribution is 0.0652. The predicted octanol–water partition coefficient (Wildman–Crippen LogP) is 2.49. The van der Waals surface area contributed by atoms with Gasteiger partial charge < -0.3 is 15.5 Å². The Bertz CT molecular complexity index is 721. The zero-order valence-electron chi connectivity index (χ0n) is 18.3. The Kier molecular flexibility index (Phi) is 8.25. The Hall–Kier alpha value is -2.41. The summed E-state index contributed by atoms with van der Waals surface area (Å²) in [5.41, 5.74) is 1.04. The van der Waals surface area contributed by atoms with Crippen LogP contribution in [-0.2, 0) is 0 Å². The lowest BCUT2D eigenvalue weighted by atomic mass is 10.1. The number of carbonyl (C=O) groups excluding carboxylic acids is 2. The van der Waals surface area contributed by atoms with Crippen molar-refractivity contribution in [2.45, 2.75) is 52.0 Å². The van der Waals surface area contributed by atoms with E-state index >= 15 is 0 Å². The number of nitrogens with one attached hydrogen (secondary N) is 2. The standard InChI is InChI=1S/C23H35N5O2/c1-3-14-27-16-11-18(12-17-27)26-23(24-4-2)25-13-7-8-15-28-21(29)19-9-5-6-10-20(19)22(28)30/h5-6,9-10,18H,3-4,7-8,11-17H2,1-2H3,(H2,24,25,26). The van der Waals surface area contributed by atoms with Gasteiger partial charge in [0, 0.05) is 38.8 Å². The number of likely N-dealkylation sites (tertiary alicyclic amines) is 1. The lowest BCUT2D eigenvalue weighted by Crippen LogP contribution is -2.48. The van der Waals surface area contributed by atoms with Gasteiger partial charge >= 0.3 is 0 Å². The molecule has 1 fully saturated rings. The summed E-state index contributed by atoms with van der Waals surface area (Å²) in [6.45, 7) is 9.73. The first-order valence-electron chi connectivity index (χ1n) is 11.4. The number of amides is 2. The summed E-state index contributed by atoms with van der Waals surface area (Å²) in [7, 11) is 0. The quantitative estimate of drug-likeness (QED) is 0.282. The molecule has 1 aromatic rings. The Labute approximate surface area is 179 Å². The summed E-state index contributed by atoms with van der Waals surface area (Å²) in [5.74, 6) is 0.513. The first-order chi connectivity index (χ1) is 14.6. The zero-order valence-corrected chi connectivity index (χ0v) is 18.3. The van der Waals surface area contributed by atoms with Crippen LogP contribution in [0.25, 0.3) is 0 Å². The molecule has 2 amide bonds. The van der Waals surface area contributed by atoms with Gasteiger partial charge in [-0.15, -0.1) is 0 Å². The van der Waals surface area contributed by atoms with Crippen molar-refractivity contribution in [3.63, 3.8) is 0 Å². The molecule has 0 unspecified atom stereocenters. The highest BCUT2D eigenvalue weighted by Gasteiger charge is 2.34. The molecule has 7 heteroatoms. The number of imide groups is 1. The molecule has 2 aliphatic rings. The van der Waals surface area contributed by atoms with Crippen LogP contribution in [-0.4, -0.2) is 72.9 Å². The van der Waals surface area contributed by atoms with Gasteiger partial charge in [-0.2, -0.15) is 0 Å². The van der Waals surface area contributed by atoms with Gasteiger partial charge in [0.25, 0.3) is 11.8 Å². The maximum absolute atomic E-state index is 12.4. The van der Waals surface area contributed by atoms with E-state index in [1.54, 1.807) is 24.3 Å². The normalized spacial score (nSPS) is 18.1. The molecule has 0 bridgehead atoms. The van der Waals surface area contributed by atoms with Gasteiger partial charge in [-0.05, 0) is 57.7 Å². The minimum atomic E-state index is -0.177. The third-order valence-electron chi connectivity index (χ3n) is 5.75. The monoisotopic (exact) mass is 413 g/mol. The molecule has 7 nitrogen and oxygen atoms in total. The fraction of sp³-hybridized carbons (Fsp3) is 0.609. The van der Waals surface area contributed by atoms with Gasteiger partial charge in [-0.1, -0.05) is 19.1 Å². The molecule has 0 saturated carbocycles. The Morgan fingerprint density at radius 1 is 1.03 bits per heavy atom. The molecule has 0 atom stereocenters. The van der Waals surface area contributed by atoms with Crippen molar-refractivity contribution in [2.24, 2.45) is 4.99 Å². The molecule has 1 saturated heterocycles. The van der Waals surface area contributed by atoms with Gasteiger partial charge in [-0.25, -0.2) is 0 Å². The number of guanidine groups is 1. The molecule has 30 heavy (non-hydrogen) atoms. The lowest BCUT2D eigenvalue weighted by Gasteiger charge is -2.32. The second-order valence-corrected chi connectivity index (χ2v) is 8.04. The molecule has 2 heterocycles. The maximum atomic E-state index is 12.4. The number of benzene rings is 1. The van der Waals surface area contributed by atoms with E-state index in [9.17, 15) is 9.59 Å². The van der Waals surface area contributed by atoms with Crippen molar-refractivity contribution in [1.29, 1.82) is 0 Å². The van der Waals surface area contributed by atoms with Gasteiger partial charge in [0.2, 0.25) is 0 Å². The smallest absolute Gasteiger partial charge is 0.261 e. The molecule has 1 aromatic carbocycles. The number of piperidine rings is 1. The average Bonchev–Trinajstić information content (AvgIpc) is 3.00. The SMILES string of the molecule is CCCN1CCC(NC(=NCCCCN2C(=O)c3ccccc3C2=O)NCC)CC1. The summed E-state index contributed by atoms with van der Waals surface area (Å²) in [4.78, 5) is 33.4. The van der Waals surface area contributed by atoms with Crippen molar-refractivity contribution in [3.05, 3.63) is 35.4 Å². The number of unbranched alkanes of at least 4 members (excludes halogenated alkanes) is 1. The van der Waals surface area contributed by atoms with Crippen LogP contribution in [0.3, 0.4) is 0 Å². The van der Waals surface area contributed by atoms with Crippen LogP contribution in [0.1, 0.15) is 66.7 Å². The minimum Gasteiger partial charge on any atom is -0.357 e. The molecule has 0 radical (unpaired) electrons. The van der Waals surface area contributed by atoms with E-state index in [4.69, 9.17) is 4.99 Å². The highest BCUT2D eigenvalue weighted by atomic mass is 16.2. The second kappa shape index (κ2) is 11.1. The van der Waals surface area contributed by atoms with E-state index in [1.807, 2.05) is 0 Å². The third-order valence-corrected chi connectivity index (χ3v) is 5.75. The van der Waals surface area contributed by atoms with E-state index < -0.39 is 0 Å². The zero-order chi connectivity index (χ0) is 21.3. The number of fused-ring (bicyclic) bond motifs is 1. The van der Waals surface area contributed by atoms with Crippen molar-refractivity contribution in [3.8, 4) is 0 Å². The first-order valence-corrected chi connectivity index (χ1v) is 11.4. The third kappa shape index (κ3) is 5.59. The van der Waals surface area contributed by atoms with Crippen molar-refractivity contribution < 1.29 is 9.59 Å². The molecular weight excluding hydrogens is 378 g/mol. The Morgan fingerprint density at radius 2 is 1.70 bits per heavy atom. The van der Waals surface area contributed by atoms with Crippen molar-refractivity contribution >= 4 is 17.8 Å². The first kappa shape index (κ1) is 22.3. The number of rotatable bonds is 9. The number of hydrogen-bond acceptors (Lipinski definition) is 4.